The molecule has 5 nitrogen and oxygen atoms in total. The van der Waals surface area contributed by atoms with Crippen LogP contribution in [0.25, 0.3) is 0 Å². The highest BCUT2D eigenvalue weighted by Crippen LogP contribution is 2.54. The highest BCUT2D eigenvalue weighted by Gasteiger charge is 2.57. The summed E-state index contributed by atoms with van der Waals surface area (Å²) in [7, 11) is 0. The molecule has 2 heterocycles. The molecular formula is C24H24FNO4S. The third-order valence-electron chi connectivity index (χ3n) is 6.18. The zero-order valence-electron chi connectivity index (χ0n) is 17.7. The molecule has 1 amide bonds. The average Bonchev–Trinajstić information content (AvgIpc) is 3.28. The Bertz CT molecular complexity index is 1070. The van der Waals surface area contributed by atoms with Crippen molar-refractivity contribution >= 4 is 29.4 Å². The second kappa shape index (κ2) is 8.11. The maximum atomic E-state index is 13.4. The molecule has 2 aliphatic heterocycles. The number of carbonyl (C=O) groups is 3. The summed E-state index contributed by atoms with van der Waals surface area (Å²) in [5.74, 6) is -0.958. The Morgan fingerprint density at radius 3 is 2.52 bits per heavy atom. The fourth-order valence-corrected chi connectivity index (χ4v) is 6.04. The minimum atomic E-state index is -0.765. The van der Waals surface area contributed by atoms with Gasteiger partial charge in [0.25, 0.3) is 0 Å². The quantitative estimate of drug-likeness (QED) is 0.517. The first kappa shape index (κ1) is 21.6. The van der Waals surface area contributed by atoms with Crippen LogP contribution in [0.5, 0.6) is 0 Å². The van der Waals surface area contributed by atoms with E-state index in [1.165, 1.54) is 23.9 Å². The van der Waals surface area contributed by atoms with Crippen LogP contribution in [0.3, 0.4) is 0 Å². The number of rotatable bonds is 5. The van der Waals surface area contributed by atoms with E-state index >= 15 is 0 Å². The number of hydrogen-bond acceptors (Lipinski definition) is 5. The van der Waals surface area contributed by atoms with Crippen molar-refractivity contribution in [2.75, 3.05) is 12.4 Å². The molecule has 7 heteroatoms. The van der Waals surface area contributed by atoms with Crippen LogP contribution in [0.1, 0.15) is 45.5 Å². The summed E-state index contributed by atoms with van der Waals surface area (Å²) in [6, 6.07) is 9.04. The summed E-state index contributed by atoms with van der Waals surface area (Å²) < 4.78 is 18.8. The first-order chi connectivity index (χ1) is 14.7. The number of carbonyl (C=O) groups excluding carboxylic acids is 3. The summed E-state index contributed by atoms with van der Waals surface area (Å²) in [4.78, 5) is 39.1. The Kier molecular flexibility index (Phi) is 5.64. The van der Waals surface area contributed by atoms with Gasteiger partial charge in [0.2, 0.25) is 11.7 Å². The largest absolute Gasteiger partial charge is 0.456 e. The van der Waals surface area contributed by atoms with E-state index in [2.05, 4.69) is 0 Å². The second-order valence-electron chi connectivity index (χ2n) is 8.16. The van der Waals surface area contributed by atoms with Gasteiger partial charge < -0.3 is 9.64 Å². The van der Waals surface area contributed by atoms with Gasteiger partial charge in [-0.25, -0.2) is 9.18 Å². The molecule has 0 aliphatic carbocycles. The van der Waals surface area contributed by atoms with Gasteiger partial charge in [-0.3, -0.25) is 9.59 Å². The molecule has 2 saturated heterocycles. The van der Waals surface area contributed by atoms with E-state index in [1.807, 2.05) is 32.9 Å². The maximum Gasteiger partial charge on any atom is 0.330 e. The minimum Gasteiger partial charge on any atom is -0.456 e. The standard InChI is InChI=1S/C24H24FNO4S/c1-14-10-16(3)19(11-15(14)2)21(27)12-30-23(29)20-13-31-24(9-8-22(28)26(20)24)17-4-6-18(25)7-5-17/h4-7,10-11,20H,8-9,12-13H2,1-3H3. The predicted octanol–water partition coefficient (Wildman–Crippen LogP) is 4.07. The lowest BCUT2D eigenvalue weighted by molar-refractivity contribution is -0.152. The van der Waals surface area contributed by atoms with Gasteiger partial charge in [-0.1, -0.05) is 18.2 Å². The summed E-state index contributed by atoms with van der Waals surface area (Å²) in [5, 5.41) is 0. The Morgan fingerprint density at radius 1 is 1.13 bits per heavy atom. The van der Waals surface area contributed by atoms with Gasteiger partial charge in [0, 0.05) is 17.7 Å². The number of ether oxygens (including phenoxy) is 1. The lowest BCUT2D eigenvalue weighted by Crippen LogP contribution is -2.47. The molecule has 2 aliphatic rings. The molecule has 2 aromatic carbocycles. The molecule has 0 aromatic heterocycles. The summed E-state index contributed by atoms with van der Waals surface area (Å²) in [6.07, 6.45) is 0.863. The normalized spacial score (nSPS) is 22.5. The van der Waals surface area contributed by atoms with Gasteiger partial charge >= 0.3 is 5.97 Å². The second-order valence-corrected chi connectivity index (χ2v) is 9.46. The first-order valence-corrected chi connectivity index (χ1v) is 11.2. The van der Waals surface area contributed by atoms with Gasteiger partial charge in [-0.05, 0) is 67.6 Å². The van der Waals surface area contributed by atoms with Gasteiger partial charge in [0.1, 0.15) is 16.7 Å². The number of esters is 1. The van der Waals surface area contributed by atoms with Gasteiger partial charge in [-0.15, -0.1) is 11.8 Å². The van der Waals surface area contributed by atoms with Crippen molar-refractivity contribution in [3.63, 3.8) is 0 Å². The third kappa shape index (κ3) is 3.76. The van der Waals surface area contributed by atoms with E-state index < -0.39 is 16.9 Å². The van der Waals surface area contributed by atoms with Crippen molar-refractivity contribution in [1.82, 2.24) is 4.90 Å². The molecule has 162 valence electrons. The molecule has 0 saturated carbocycles. The summed E-state index contributed by atoms with van der Waals surface area (Å²) >= 11 is 1.49. The van der Waals surface area contributed by atoms with Crippen LogP contribution in [0.15, 0.2) is 36.4 Å². The monoisotopic (exact) mass is 441 g/mol. The number of Topliss-reactive ketones (excluding diaryl/α,β-unsaturated/α-hetero) is 1. The number of ketones is 1. The molecule has 2 atom stereocenters. The zero-order valence-corrected chi connectivity index (χ0v) is 18.6. The van der Waals surface area contributed by atoms with E-state index in [0.29, 0.717) is 24.2 Å². The first-order valence-electron chi connectivity index (χ1n) is 10.2. The van der Waals surface area contributed by atoms with Gasteiger partial charge in [0.05, 0.1) is 0 Å². The van der Waals surface area contributed by atoms with Crippen LogP contribution in [-0.4, -0.2) is 41.0 Å². The molecule has 2 unspecified atom stereocenters. The number of thioether (sulfide) groups is 1. The molecule has 0 radical (unpaired) electrons. The number of aryl methyl sites for hydroxylation is 3. The van der Waals surface area contributed by atoms with Gasteiger partial charge in [0.15, 0.2) is 6.61 Å². The number of hydrogen-bond donors (Lipinski definition) is 0. The van der Waals surface area contributed by atoms with E-state index in [0.717, 1.165) is 22.3 Å². The fraction of sp³-hybridized carbons (Fsp3) is 0.375. The number of amides is 1. The lowest BCUT2D eigenvalue weighted by atomic mass is 9.98. The Hall–Kier alpha value is -2.67. The van der Waals surface area contributed by atoms with Gasteiger partial charge in [-0.2, -0.15) is 0 Å². The van der Waals surface area contributed by atoms with Crippen LogP contribution in [0.4, 0.5) is 4.39 Å². The van der Waals surface area contributed by atoms with Crippen LogP contribution in [-0.2, 0) is 19.2 Å². The predicted molar refractivity (Wildman–Crippen MR) is 116 cm³/mol. The van der Waals surface area contributed by atoms with E-state index in [-0.39, 0.29) is 24.1 Å². The third-order valence-corrected chi connectivity index (χ3v) is 7.78. The molecule has 4 rings (SSSR count). The molecule has 31 heavy (non-hydrogen) atoms. The zero-order chi connectivity index (χ0) is 22.3. The van der Waals surface area contributed by atoms with E-state index in [9.17, 15) is 18.8 Å². The van der Waals surface area contributed by atoms with Crippen molar-refractivity contribution < 1.29 is 23.5 Å². The molecule has 0 spiro atoms. The molecule has 2 fully saturated rings. The van der Waals surface area contributed by atoms with E-state index in [4.69, 9.17) is 4.74 Å². The van der Waals surface area contributed by atoms with Crippen LogP contribution in [0, 0.1) is 26.6 Å². The number of fused-ring (bicyclic) bond motifs is 1. The molecule has 0 bridgehead atoms. The van der Waals surface area contributed by atoms with Crippen molar-refractivity contribution in [2.45, 2.75) is 44.5 Å². The lowest BCUT2D eigenvalue weighted by Gasteiger charge is -2.33. The number of halogens is 1. The highest BCUT2D eigenvalue weighted by molar-refractivity contribution is 8.00. The summed E-state index contributed by atoms with van der Waals surface area (Å²) in [6.45, 7) is 5.40. The summed E-state index contributed by atoms with van der Waals surface area (Å²) in [5.41, 5.74) is 4.26. The molecule has 2 aromatic rings. The number of nitrogens with zero attached hydrogens (tertiary/aromatic N) is 1. The molecule has 0 N–H and O–H groups in total. The SMILES string of the molecule is Cc1cc(C)c(C(=O)COC(=O)C2CSC3(c4ccc(F)cc4)CCC(=O)N23)cc1C. The van der Waals surface area contributed by atoms with Crippen molar-refractivity contribution in [2.24, 2.45) is 0 Å². The minimum absolute atomic E-state index is 0.132. The van der Waals surface area contributed by atoms with Crippen molar-refractivity contribution in [3.05, 3.63) is 70.0 Å². The Labute approximate surface area is 185 Å². The molecular weight excluding hydrogens is 417 g/mol. The van der Waals surface area contributed by atoms with Crippen LogP contribution in [0.2, 0.25) is 0 Å². The Balaban J connectivity index is 1.49. The average molecular weight is 442 g/mol. The highest BCUT2D eigenvalue weighted by atomic mass is 32.2. The smallest absolute Gasteiger partial charge is 0.330 e. The maximum absolute atomic E-state index is 13.4. The number of benzene rings is 2. The van der Waals surface area contributed by atoms with Crippen molar-refractivity contribution in [3.8, 4) is 0 Å². The Morgan fingerprint density at radius 2 is 1.81 bits per heavy atom. The topological polar surface area (TPSA) is 63.7 Å². The van der Waals surface area contributed by atoms with E-state index in [1.54, 1.807) is 17.0 Å². The van der Waals surface area contributed by atoms with Crippen molar-refractivity contribution in [1.29, 1.82) is 0 Å². The van der Waals surface area contributed by atoms with Crippen LogP contribution >= 0.6 is 11.8 Å². The fourth-order valence-electron chi connectivity index (χ4n) is 4.40. The van der Waals surface area contributed by atoms with Crippen LogP contribution < -0.4 is 0 Å².